The molecule has 0 aromatic heterocycles. The van der Waals surface area contributed by atoms with Crippen molar-refractivity contribution in [2.24, 2.45) is 0 Å². The molecule has 1 amide bonds. The second kappa shape index (κ2) is 7.04. The maximum Gasteiger partial charge on any atom is 0.236 e. The normalized spacial score (nSPS) is 16.9. The smallest absolute Gasteiger partial charge is 0.236 e. The minimum absolute atomic E-state index is 0.00963. The topological polar surface area (TPSA) is 66.5 Å². The molecule has 1 aliphatic heterocycles. The Morgan fingerprint density at radius 1 is 1.24 bits per heavy atom. The lowest BCUT2D eigenvalue weighted by Gasteiger charge is -2.21. The largest absolute Gasteiger partial charge is 0.342 e. The monoisotopic (exact) mass is 310 g/mol. The number of hydrogen-bond donors (Lipinski definition) is 1. The molecule has 5 nitrogen and oxygen atoms in total. The summed E-state index contributed by atoms with van der Waals surface area (Å²) in [6.07, 6.45) is 3.32. The van der Waals surface area contributed by atoms with E-state index < -0.39 is 9.84 Å². The van der Waals surface area contributed by atoms with Crippen molar-refractivity contribution in [2.45, 2.75) is 18.9 Å². The van der Waals surface area contributed by atoms with Gasteiger partial charge in [-0.1, -0.05) is 30.3 Å². The number of carbonyl (C=O) groups excluding carboxylic acids is 1. The Hall–Kier alpha value is -1.40. The summed E-state index contributed by atoms with van der Waals surface area (Å²) in [6, 6.07) is 9.03. The molecule has 0 aliphatic carbocycles. The molecule has 116 valence electrons. The van der Waals surface area contributed by atoms with Crippen LogP contribution in [-0.2, 0) is 14.6 Å². The van der Waals surface area contributed by atoms with E-state index in [1.54, 1.807) is 0 Å². The molecule has 1 fully saturated rings. The summed E-state index contributed by atoms with van der Waals surface area (Å²) in [5.74, 6) is 0.0338. The zero-order valence-electron chi connectivity index (χ0n) is 12.3. The van der Waals surface area contributed by atoms with Crippen molar-refractivity contribution in [3.63, 3.8) is 0 Å². The fourth-order valence-electron chi connectivity index (χ4n) is 2.55. The molecule has 21 heavy (non-hydrogen) atoms. The van der Waals surface area contributed by atoms with E-state index in [1.807, 2.05) is 35.2 Å². The van der Waals surface area contributed by atoms with E-state index in [0.29, 0.717) is 0 Å². The Morgan fingerprint density at radius 2 is 1.86 bits per heavy atom. The number of sulfone groups is 1. The average Bonchev–Trinajstić information content (AvgIpc) is 2.97. The van der Waals surface area contributed by atoms with E-state index >= 15 is 0 Å². The number of hydrogen-bond acceptors (Lipinski definition) is 4. The molecule has 0 saturated carbocycles. The predicted molar refractivity (Wildman–Crippen MR) is 82.7 cm³/mol. The first kappa shape index (κ1) is 16.0. The maximum atomic E-state index is 12.1. The number of carbonyl (C=O) groups is 1. The van der Waals surface area contributed by atoms with E-state index in [-0.39, 0.29) is 24.2 Å². The van der Waals surface area contributed by atoms with Crippen LogP contribution in [0.2, 0.25) is 0 Å². The molecule has 6 heteroatoms. The first-order valence-corrected chi connectivity index (χ1v) is 9.25. The van der Waals surface area contributed by atoms with Crippen LogP contribution in [-0.4, -0.2) is 50.9 Å². The van der Waals surface area contributed by atoms with E-state index in [2.05, 4.69) is 5.32 Å². The summed E-state index contributed by atoms with van der Waals surface area (Å²) in [5, 5.41) is 3.10. The molecule has 2 rings (SSSR count). The number of nitrogens with zero attached hydrogens (tertiary/aromatic N) is 1. The third-order valence-electron chi connectivity index (χ3n) is 3.63. The minimum Gasteiger partial charge on any atom is -0.342 e. The van der Waals surface area contributed by atoms with Gasteiger partial charge in [-0.05, 0) is 18.4 Å². The zero-order valence-corrected chi connectivity index (χ0v) is 13.1. The van der Waals surface area contributed by atoms with Gasteiger partial charge in [0.05, 0.1) is 12.3 Å². The van der Waals surface area contributed by atoms with Crippen molar-refractivity contribution in [3.05, 3.63) is 35.9 Å². The molecular weight excluding hydrogens is 288 g/mol. The lowest BCUT2D eigenvalue weighted by molar-refractivity contribution is -0.129. The molecule has 1 aromatic rings. The maximum absolute atomic E-state index is 12.1. The third kappa shape index (κ3) is 5.13. The molecule has 1 aliphatic rings. The van der Waals surface area contributed by atoms with Crippen LogP contribution in [0.3, 0.4) is 0 Å². The fraction of sp³-hybridized carbons (Fsp3) is 0.533. The van der Waals surface area contributed by atoms with Crippen molar-refractivity contribution in [2.75, 3.05) is 31.6 Å². The predicted octanol–water partition coefficient (Wildman–Crippen LogP) is 0.984. The summed E-state index contributed by atoms with van der Waals surface area (Å²) >= 11 is 0. The highest BCUT2D eigenvalue weighted by molar-refractivity contribution is 7.90. The standard InChI is InChI=1S/C15H22N2O3S/c1-21(19,20)12-14(13-7-3-2-4-8-13)16-11-15(18)17-9-5-6-10-17/h2-4,7-8,14,16H,5-6,9-12H2,1H3. The first-order chi connectivity index (χ1) is 9.96. The fourth-order valence-corrected chi connectivity index (χ4v) is 3.47. The zero-order chi connectivity index (χ0) is 15.3. The van der Waals surface area contributed by atoms with E-state index in [1.165, 1.54) is 6.26 Å². The van der Waals surface area contributed by atoms with Gasteiger partial charge in [-0.2, -0.15) is 0 Å². The van der Waals surface area contributed by atoms with Gasteiger partial charge in [0, 0.05) is 25.4 Å². The van der Waals surface area contributed by atoms with Crippen LogP contribution >= 0.6 is 0 Å². The molecule has 0 bridgehead atoms. The van der Waals surface area contributed by atoms with Gasteiger partial charge in [0.2, 0.25) is 5.91 Å². The number of nitrogens with one attached hydrogen (secondary N) is 1. The molecule has 0 radical (unpaired) electrons. The molecule has 1 N–H and O–H groups in total. The van der Waals surface area contributed by atoms with Crippen LogP contribution in [0.1, 0.15) is 24.4 Å². The van der Waals surface area contributed by atoms with Crippen molar-refractivity contribution in [1.82, 2.24) is 10.2 Å². The lowest BCUT2D eigenvalue weighted by Crippen LogP contribution is -2.39. The number of benzene rings is 1. The van der Waals surface area contributed by atoms with Crippen LogP contribution in [0.25, 0.3) is 0 Å². The Labute approximate surface area is 126 Å². The summed E-state index contributed by atoms with van der Waals surface area (Å²) in [5.41, 5.74) is 0.886. The highest BCUT2D eigenvalue weighted by Gasteiger charge is 2.21. The van der Waals surface area contributed by atoms with Crippen LogP contribution in [0.4, 0.5) is 0 Å². The van der Waals surface area contributed by atoms with E-state index in [9.17, 15) is 13.2 Å². The molecule has 1 atom stereocenters. The Kier molecular flexibility index (Phi) is 5.36. The molecular formula is C15H22N2O3S. The number of rotatable bonds is 6. The SMILES string of the molecule is CS(=O)(=O)CC(NCC(=O)N1CCCC1)c1ccccc1. The van der Waals surface area contributed by atoms with Crippen molar-refractivity contribution < 1.29 is 13.2 Å². The number of likely N-dealkylation sites (tertiary alicyclic amines) is 1. The van der Waals surface area contributed by atoms with E-state index in [0.717, 1.165) is 31.5 Å². The summed E-state index contributed by atoms with van der Waals surface area (Å²) in [4.78, 5) is 13.9. The summed E-state index contributed by atoms with van der Waals surface area (Å²) in [6.45, 7) is 1.79. The highest BCUT2D eigenvalue weighted by Crippen LogP contribution is 2.15. The van der Waals surface area contributed by atoms with Crippen LogP contribution in [0, 0.1) is 0 Å². The summed E-state index contributed by atoms with van der Waals surface area (Å²) in [7, 11) is -3.13. The van der Waals surface area contributed by atoms with Gasteiger partial charge in [0.1, 0.15) is 9.84 Å². The quantitative estimate of drug-likeness (QED) is 0.851. The Balaban J connectivity index is 2.00. The van der Waals surface area contributed by atoms with Gasteiger partial charge < -0.3 is 10.2 Å². The van der Waals surface area contributed by atoms with Gasteiger partial charge in [-0.25, -0.2) is 8.42 Å². The molecule has 1 aromatic carbocycles. The van der Waals surface area contributed by atoms with Gasteiger partial charge in [0.15, 0.2) is 0 Å². The van der Waals surface area contributed by atoms with Gasteiger partial charge in [-0.3, -0.25) is 4.79 Å². The van der Waals surface area contributed by atoms with Gasteiger partial charge in [0.25, 0.3) is 0 Å². The van der Waals surface area contributed by atoms with Gasteiger partial charge >= 0.3 is 0 Å². The Morgan fingerprint density at radius 3 is 2.43 bits per heavy atom. The van der Waals surface area contributed by atoms with Gasteiger partial charge in [-0.15, -0.1) is 0 Å². The molecule has 0 spiro atoms. The second-order valence-corrected chi connectivity index (χ2v) is 7.71. The van der Waals surface area contributed by atoms with Crippen LogP contribution in [0.5, 0.6) is 0 Å². The van der Waals surface area contributed by atoms with Crippen molar-refractivity contribution >= 4 is 15.7 Å². The first-order valence-electron chi connectivity index (χ1n) is 7.19. The lowest BCUT2D eigenvalue weighted by atomic mass is 10.1. The molecule has 1 unspecified atom stereocenters. The van der Waals surface area contributed by atoms with Crippen LogP contribution < -0.4 is 5.32 Å². The van der Waals surface area contributed by atoms with E-state index in [4.69, 9.17) is 0 Å². The molecule has 1 heterocycles. The highest BCUT2D eigenvalue weighted by atomic mass is 32.2. The minimum atomic E-state index is -3.13. The Bertz CT molecular complexity index is 566. The number of amides is 1. The second-order valence-electron chi connectivity index (χ2n) is 5.52. The molecule has 1 saturated heterocycles. The average molecular weight is 310 g/mol. The third-order valence-corrected chi connectivity index (χ3v) is 4.57. The van der Waals surface area contributed by atoms with Crippen molar-refractivity contribution in [1.29, 1.82) is 0 Å². The van der Waals surface area contributed by atoms with Crippen molar-refractivity contribution in [3.8, 4) is 0 Å². The summed E-state index contributed by atoms with van der Waals surface area (Å²) < 4.78 is 23.2. The van der Waals surface area contributed by atoms with Crippen LogP contribution in [0.15, 0.2) is 30.3 Å².